The minimum Gasteiger partial charge on any atom is -0.480 e. The lowest BCUT2D eigenvalue weighted by Crippen LogP contribution is -2.41. The fraction of sp³-hybridized carbons (Fsp3) is 0.312. The summed E-state index contributed by atoms with van der Waals surface area (Å²) in [6, 6.07) is 2.51. The molecule has 3 N–H and O–H groups in total. The third kappa shape index (κ3) is 4.03. The lowest BCUT2D eigenvalue weighted by molar-refractivity contribution is -0.141. The van der Waals surface area contributed by atoms with Gasteiger partial charge in [0.25, 0.3) is 5.56 Å². The van der Waals surface area contributed by atoms with E-state index in [1.54, 1.807) is 38.4 Å². The van der Waals surface area contributed by atoms with Crippen LogP contribution < -0.4 is 10.9 Å². The zero-order valence-corrected chi connectivity index (χ0v) is 13.4. The normalized spacial score (nSPS) is 11.8. The Kier molecular flexibility index (Phi) is 5.41. The molecule has 0 aliphatic carbocycles. The van der Waals surface area contributed by atoms with E-state index >= 15 is 0 Å². The van der Waals surface area contributed by atoms with Crippen LogP contribution >= 0.6 is 0 Å². The summed E-state index contributed by atoms with van der Waals surface area (Å²) in [6.07, 6.45) is 3.21. The number of aliphatic carboxylic acids is 1. The van der Waals surface area contributed by atoms with Gasteiger partial charge in [-0.15, -0.1) is 0 Å². The molecule has 0 aliphatic heterocycles. The number of H-pyrrole nitrogens is 1. The van der Waals surface area contributed by atoms with Crippen LogP contribution in [0.25, 0.3) is 11.4 Å². The Bertz CT molecular complexity index is 801. The zero-order valence-electron chi connectivity index (χ0n) is 13.4. The summed E-state index contributed by atoms with van der Waals surface area (Å²) in [7, 11) is 0. The molecule has 2 aromatic rings. The van der Waals surface area contributed by atoms with E-state index < -0.39 is 23.5 Å². The first kappa shape index (κ1) is 17.3. The molecule has 0 bridgehead atoms. The van der Waals surface area contributed by atoms with Crippen LogP contribution in [0.15, 0.2) is 29.3 Å². The van der Waals surface area contributed by atoms with Gasteiger partial charge in [-0.3, -0.25) is 14.6 Å². The second kappa shape index (κ2) is 7.49. The highest BCUT2D eigenvalue weighted by Gasteiger charge is 2.19. The van der Waals surface area contributed by atoms with Crippen molar-refractivity contribution in [3.05, 3.63) is 46.1 Å². The van der Waals surface area contributed by atoms with Gasteiger partial charge >= 0.3 is 5.97 Å². The SMILES string of the molecule is CCC(NC(=O)Cc1c(C)nc(-c2cccnc2)[nH]c1=O)C(=O)O. The number of aromatic nitrogens is 3. The van der Waals surface area contributed by atoms with Crippen LogP contribution in [0.1, 0.15) is 24.6 Å². The molecule has 2 aromatic heterocycles. The van der Waals surface area contributed by atoms with Crippen molar-refractivity contribution in [2.45, 2.75) is 32.7 Å². The number of hydrogen-bond acceptors (Lipinski definition) is 5. The Morgan fingerprint density at radius 1 is 1.42 bits per heavy atom. The van der Waals surface area contributed by atoms with Crippen molar-refractivity contribution in [2.24, 2.45) is 0 Å². The van der Waals surface area contributed by atoms with Gasteiger partial charge in [0.05, 0.1) is 6.42 Å². The van der Waals surface area contributed by atoms with E-state index in [-0.39, 0.29) is 18.4 Å². The maximum Gasteiger partial charge on any atom is 0.326 e. The lowest BCUT2D eigenvalue weighted by atomic mass is 10.1. The third-order valence-corrected chi connectivity index (χ3v) is 3.54. The molecule has 1 unspecified atom stereocenters. The molecular weight excluding hydrogens is 312 g/mol. The van der Waals surface area contributed by atoms with Gasteiger partial charge < -0.3 is 15.4 Å². The summed E-state index contributed by atoms with van der Waals surface area (Å²) < 4.78 is 0. The molecule has 0 radical (unpaired) electrons. The summed E-state index contributed by atoms with van der Waals surface area (Å²) >= 11 is 0. The number of aromatic amines is 1. The van der Waals surface area contributed by atoms with Crippen molar-refractivity contribution < 1.29 is 14.7 Å². The van der Waals surface area contributed by atoms with Crippen LogP contribution in [0.3, 0.4) is 0 Å². The minimum atomic E-state index is -1.11. The number of carboxylic acid groups (broad SMARTS) is 1. The molecule has 24 heavy (non-hydrogen) atoms. The zero-order chi connectivity index (χ0) is 17.7. The van der Waals surface area contributed by atoms with Crippen LogP contribution in [0.4, 0.5) is 0 Å². The predicted octanol–water partition coefficient (Wildman–Crippen LogP) is 0.662. The van der Waals surface area contributed by atoms with Crippen LogP contribution in [0.2, 0.25) is 0 Å². The average molecular weight is 330 g/mol. The summed E-state index contributed by atoms with van der Waals surface area (Å²) in [5.74, 6) is -1.28. The van der Waals surface area contributed by atoms with Gasteiger partial charge in [-0.1, -0.05) is 6.92 Å². The molecule has 0 saturated carbocycles. The number of nitrogens with one attached hydrogen (secondary N) is 2. The molecule has 1 atom stereocenters. The first-order valence-corrected chi connectivity index (χ1v) is 7.44. The molecule has 126 valence electrons. The largest absolute Gasteiger partial charge is 0.480 e. The standard InChI is InChI=1S/C16H18N4O4/c1-3-12(16(23)24)19-13(21)7-11-9(2)18-14(20-15(11)22)10-5-4-6-17-8-10/h4-6,8,12H,3,7H2,1-2H3,(H,19,21)(H,23,24)(H,18,20,22). The van der Waals surface area contributed by atoms with Crippen molar-refractivity contribution >= 4 is 11.9 Å². The molecule has 8 nitrogen and oxygen atoms in total. The van der Waals surface area contributed by atoms with E-state index in [1.807, 2.05) is 0 Å². The van der Waals surface area contributed by atoms with Gasteiger partial charge in [0.15, 0.2) is 0 Å². The number of hydrogen-bond donors (Lipinski definition) is 3. The predicted molar refractivity (Wildman–Crippen MR) is 86.4 cm³/mol. The molecular formula is C16H18N4O4. The number of pyridine rings is 1. The highest BCUT2D eigenvalue weighted by Crippen LogP contribution is 2.12. The van der Waals surface area contributed by atoms with Crippen molar-refractivity contribution in [2.75, 3.05) is 0 Å². The van der Waals surface area contributed by atoms with Crippen LogP contribution in [-0.2, 0) is 16.0 Å². The molecule has 1 amide bonds. The van der Waals surface area contributed by atoms with E-state index in [0.717, 1.165) is 0 Å². The summed E-state index contributed by atoms with van der Waals surface area (Å²) in [6.45, 7) is 3.29. The Hall–Kier alpha value is -3.03. The average Bonchev–Trinajstić information content (AvgIpc) is 2.56. The van der Waals surface area contributed by atoms with E-state index in [2.05, 4.69) is 20.3 Å². The highest BCUT2D eigenvalue weighted by molar-refractivity contribution is 5.84. The smallest absolute Gasteiger partial charge is 0.326 e. The van der Waals surface area contributed by atoms with Crippen molar-refractivity contribution in [1.29, 1.82) is 0 Å². The topological polar surface area (TPSA) is 125 Å². The lowest BCUT2D eigenvalue weighted by Gasteiger charge is -2.12. The molecule has 2 heterocycles. The maximum atomic E-state index is 12.2. The number of carboxylic acids is 1. The van der Waals surface area contributed by atoms with Crippen LogP contribution in [0.5, 0.6) is 0 Å². The molecule has 0 fully saturated rings. The Labute approximate surface area is 138 Å². The second-order valence-electron chi connectivity index (χ2n) is 5.26. The number of carbonyl (C=O) groups excluding carboxylic acids is 1. The number of amides is 1. The van der Waals surface area contributed by atoms with Crippen molar-refractivity contribution in [3.63, 3.8) is 0 Å². The van der Waals surface area contributed by atoms with Crippen molar-refractivity contribution in [3.8, 4) is 11.4 Å². The van der Waals surface area contributed by atoms with Gasteiger partial charge in [-0.25, -0.2) is 9.78 Å². The molecule has 0 spiro atoms. The van der Waals surface area contributed by atoms with E-state index in [0.29, 0.717) is 17.1 Å². The first-order valence-electron chi connectivity index (χ1n) is 7.44. The Balaban J connectivity index is 2.22. The van der Waals surface area contributed by atoms with E-state index in [4.69, 9.17) is 5.11 Å². The van der Waals surface area contributed by atoms with Crippen molar-refractivity contribution in [1.82, 2.24) is 20.3 Å². The van der Waals surface area contributed by atoms with Crippen LogP contribution in [-0.4, -0.2) is 38.0 Å². The molecule has 0 saturated heterocycles. The Morgan fingerprint density at radius 3 is 2.71 bits per heavy atom. The first-order chi connectivity index (χ1) is 11.4. The molecule has 2 rings (SSSR count). The summed E-state index contributed by atoms with van der Waals surface area (Å²) in [5, 5.41) is 11.3. The number of aryl methyl sites for hydroxylation is 1. The Morgan fingerprint density at radius 2 is 2.17 bits per heavy atom. The van der Waals surface area contributed by atoms with E-state index in [1.165, 1.54) is 0 Å². The fourth-order valence-electron chi connectivity index (χ4n) is 2.20. The quantitative estimate of drug-likeness (QED) is 0.714. The fourth-order valence-corrected chi connectivity index (χ4v) is 2.20. The van der Waals surface area contributed by atoms with Gasteiger partial charge in [0.2, 0.25) is 5.91 Å². The monoisotopic (exact) mass is 330 g/mol. The third-order valence-electron chi connectivity index (χ3n) is 3.54. The summed E-state index contributed by atoms with van der Waals surface area (Å²) in [5.41, 5.74) is 0.849. The van der Waals surface area contributed by atoms with E-state index in [9.17, 15) is 14.4 Å². The van der Waals surface area contributed by atoms with Gasteiger partial charge in [0.1, 0.15) is 11.9 Å². The maximum absolute atomic E-state index is 12.2. The second-order valence-corrected chi connectivity index (χ2v) is 5.26. The number of rotatable bonds is 6. The molecule has 0 aliphatic rings. The number of carbonyl (C=O) groups is 2. The molecule has 8 heteroatoms. The highest BCUT2D eigenvalue weighted by atomic mass is 16.4. The van der Waals surface area contributed by atoms with Gasteiger partial charge in [-0.05, 0) is 25.5 Å². The van der Waals surface area contributed by atoms with Gasteiger partial charge in [0, 0.05) is 29.2 Å². The minimum absolute atomic E-state index is 0.209. The van der Waals surface area contributed by atoms with Crippen LogP contribution in [0, 0.1) is 6.92 Å². The van der Waals surface area contributed by atoms with Gasteiger partial charge in [-0.2, -0.15) is 0 Å². The molecule has 0 aromatic carbocycles. The summed E-state index contributed by atoms with van der Waals surface area (Å²) in [4.78, 5) is 46.1. The number of nitrogens with zero attached hydrogens (tertiary/aromatic N) is 2.